The van der Waals surface area contributed by atoms with Crippen molar-refractivity contribution in [3.8, 4) is 5.75 Å². The van der Waals surface area contributed by atoms with Gasteiger partial charge in [0, 0.05) is 0 Å². The summed E-state index contributed by atoms with van der Waals surface area (Å²) in [6.45, 7) is 0. The zero-order valence-electron chi connectivity index (χ0n) is 7.53. The zero-order valence-corrected chi connectivity index (χ0v) is 6.53. The van der Waals surface area contributed by atoms with E-state index >= 15 is 0 Å². The molecule has 12 heavy (non-hydrogen) atoms. The monoisotopic (exact) mass is 166 g/mol. The maximum atomic E-state index is 10.5. The Labute approximate surface area is 72.2 Å². The highest BCUT2D eigenvalue weighted by Crippen LogP contribution is 2.10. The van der Waals surface area contributed by atoms with Crippen LogP contribution in [0.2, 0.25) is 0 Å². The molecule has 0 amide bonds. The fourth-order valence-electron chi connectivity index (χ4n) is 0.928. The minimum absolute atomic E-state index is 0.175. The Balaban J connectivity index is 2.64. The molecule has 3 N–H and O–H groups in total. The summed E-state index contributed by atoms with van der Waals surface area (Å²) < 4.78 is 6.76. The highest BCUT2D eigenvalue weighted by atomic mass is 16.3. The smallest absolute Gasteiger partial charge is 0.137 e. The van der Waals surface area contributed by atoms with E-state index in [4.69, 9.17) is 12.2 Å². The van der Waals surface area contributed by atoms with Gasteiger partial charge in [0.2, 0.25) is 0 Å². The van der Waals surface area contributed by atoms with Crippen LogP contribution in [-0.2, 0) is 11.2 Å². The van der Waals surface area contributed by atoms with Gasteiger partial charge in [-0.1, -0.05) is 12.1 Å². The SMILES string of the molecule is [2H]C(=O)[C@@H](N)Cc1ccc(O)cc1. The number of hydrogen-bond donors (Lipinski definition) is 2. The molecule has 0 unspecified atom stereocenters. The van der Waals surface area contributed by atoms with Crippen LogP contribution in [0.5, 0.6) is 5.75 Å². The van der Waals surface area contributed by atoms with E-state index in [0.717, 1.165) is 5.56 Å². The second-order valence-corrected chi connectivity index (χ2v) is 2.59. The van der Waals surface area contributed by atoms with E-state index in [-0.39, 0.29) is 5.75 Å². The van der Waals surface area contributed by atoms with Crippen LogP contribution in [0.15, 0.2) is 24.3 Å². The Morgan fingerprint density at radius 1 is 1.58 bits per heavy atom. The van der Waals surface area contributed by atoms with Crippen molar-refractivity contribution in [2.75, 3.05) is 0 Å². The maximum absolute atomic E-state index is 10.5. The number of hydrogen-bond acceptors (Lipinski definition) is 3. The summed E-state index contributed by atoms with van der Waals surface area (Å²) in [7, 11) is 0. The standard InChI is InChI=1S/C9H11NO2/c10-8(6-11)5-7-1-3-9(12)4-2-7/h1-4,6,8,12H,5,10H2/t8-/m0/s1/i6D. The molecule has 3 heteroatoms. The van der Waals surface area contributed by atoms with Gasteiger partial charge >= 0.3 is 0 Å². The Kier molecular flexibility index (Phi) is 2.36. The average Bonchev–Trinajstić information content (AvgIpc) is 2.08. The molecule has 0 bridgehead atoms. The number of rotatable bonds is 3. The third kappa shape index (κ3) is 2.36. The van der Waals surface area contributed by atoms with E-state index in [1.165, 1.54) is 12.1 Å². The van der Waals surface area contributed by atoms with Gasteiger partial charge in [-0.2, -0.15) is 0 Å². The van der Waals surface area contributed by atoms with Crippen LogP contribution in [0.1, 0.15) is 6.93 Å². The number of carbonyl (C=O) groups is 1. The average molecular weight is 166 g/mol. The Morgan fingerprint density at radius 3 is 2.67 bits per heavy atom. The molecule has 0 saturated heterocycles. The number of phenols is 1. The quantitative estimate of drug-likeness (QED) is 0.641. The molecular formula is C9H11NO2. The summed E-state index contributed by atoms with van der Waals surface area (Å²) in [5.74, 6) is 0.175. The number of carbonyl (C=O) groups excluding carboxylic acids is 1. The molecule has 1 atom stereocenters. The lowest BCUT2D eigenvalue weighted by Crippen LogP contribution is -2.23. The number of benzene rings is 1. The number of aromatic hydroxyl groups is 1. The molecule has 0 radical (unpaired) electrons. The van der Waals surface area contributed by atoms with Gasteiger partial charge in [-0.25, -0.2) is 0 Å². The largest absolute Gasteiger partial charge is 0.508 e. The van der Waals surface area contributed by atoms with Crippen molar-refractivity contribution < 1.29 is 11.3 Å². The minimum atomic E-state index is -0.774. The van der Waals surface area contributed by atoms with E-state index in [0.29, 0.717) is 6.42 Å². The van der Waals surface area contributed by atoms with Crippen LogP contribution in [0.4, 0.5) is 0 Å². The fourth-order valence-corrected chi connectivity index (χ4v) is 0.928. The van der Waals surface area contributed by atoms with Crippen LogP contribution >= 0.6 is 0 Å². The lowest BCUT2D eigenvalue weighted by molar-refractivity contribution is -0.108. The van der Waals surface area contributed by atoms with E-state index < -0.39 is 12.3 Å². The summed E-state index contributed by atoms with van der Waals surface area (Å²) in [5.41, 5.74) is 6.23. The van der Waals surface area contributed by atoms with Crippen molar-refractivity contribution in [2.45, 2.75) is 12.5 Å². The van der Waals surface area contributed by atoms with Gasteiger partial charge in [0.05, 0.1) is 6.04 Å². The highest BCUT2D eigenvalue weighted by Gasteiger charge is 2.00. The topological polar surface area (TPSA) is 63.3 Å². The third-order valence-electron chi connectivity index (χ3n) is 1.54. The molecule has 0 spiro atoms. The van der Waals surface area contributed by atoms with E-state index in [2.05, 4.69) is 0 Å². The molecule has 1 rings (SSSR count). The Bertz CT molecular complexity index is 297. The van der Waals surface area contributed by atoms with Crippen molar-refractivity contribution in [3.63, 3.8) is 0 Å². The minimum Gasteiger partial charge on any atom is -0.508 e. The van der Waals surface area contributed by atoms with Crippen molar-refractivity contribution in [1.82, 2.24) is 0 Å². The van der Waals surface area contributed by atoms with Crippen LogP contribution in [-0.4, -0.2) is 17.4 Å². The first-order valence-corrected chi connectivity index (χ1v) is 3.63. The van der Waals surface area contributed by atoms with Crippen molar-refractivity contribution in [3.05, 3.63) is 29.8 Å². The molecule has 0 aromatic heterocycles. The first-order chi connectivity index (χ1) is 6.09. The van der Waals surface area contributed by atoms with Gasteiger partial charge in [-0.15, -0.1) is 0 Å². The summed E-state index contributed by atoms with van der Waals surface area (Å²) in [5, 5.41) is 8.96. The normalized spacial score (nSPS) is 13.6. The lowest BCUT2D eigenvalue weighted by atomic mass is 10.1. The molecule has 0 aliphatic heterocycles. The van der Waals surface area contributed by atoms with Crippen molar-refractivity contribution in [2.24, 2.45) is 5.73 Å². The molecule has 0 heterocycles. The lowest BCUT2D eigenvalue weighted by Gasteiger charge is -2.03. The number of aldehydes is 1. The second kappa shape index (κ2) is 3.88. The summed E-state index contributed by atoms with van der Waals surface area (Å²) >= 11 is 0. The molecule has 1 aromatic rings. The summed E-state index contributed by atoms with van der Waals surface area (Å²) in [6, 6.07) is 5.63. The molecule has 3 nitrogen and oxygen atoms in total. The van der Waals surface area contributed by atoms with Gasteiger partial charge in [0.25, 0.3) is 0 Å². The molecule has 0 aliphatic carbocycles. The third-order valence-corrected chi connectivity index (χ3v) is 1.54. The highest BCUT2D eigenvalue weighted by molar-refractivity contribution is 5.57. The van der Waals surface area contributed by atoms with Crippen LogP contribution in [0, 0.1) is 0 Å². The maximum Gasteiger partial charge on any atom is 0.137 e. The number of nitrogens with two attached hydrogens (primary N) is 1. The van der Waals surface area contributed by atoms with E-state index in [1.54, 1.807) is 12.1 Å². The molecule has 0 saturated carbocycles. The number of phenolic OH excluding ortho intramolecular Hbond substituents is 1. The second-order valence-electron chi connectivity index (χ2n) is 2.59. The Hall–Kier alpha value is -1.35. The van der Waals surface area contributed by atoms with Crippen LogP contribution in [0.25, 0.3) is 0 Å². The van der Waals surface area contributed by atoms with Gasteiger partial charge in [-0.05, 0) is 24.1 Å². The van der Waals surface area contributed by atoms with Gasteiger partial charge in [-0.3, -0.25) is 0 Å². The van der Waals surface area contributed by atoms with Crippen LogP contribution in [0.3, 0.4) is 0 Å². The fraction of sp³-hybridized carbons (Fsp3) is 0.222. The first-order valence-electron chi connectivity index (χ1n) is 4.13. The van der Waals surface area contributed by atoms with Crippen molar-refractivity contribution >= 4 is 6.26 Å². The van der Waals surface area contributed by atoms with Crippen LogP contribution < -0.4 is 5.73 Å². The predicted octanol–water partition coefficient (Wildman–Crippen LogP) is 0.461. The summed E-state index contributed by atoms with van der Waals surface area (Å²) in [4.78, 5) is 10.5. The predicted molar refractivity (Wildman–Crippen MR) is 45.9 cm³/mol. The van der Waals surface area contributed by atoms with Gasteiger partial charge < -0.3 is 15.6 Å². The summed E-state index contributed by atoms with van der Waals surface area (Å²) in [6.07, 6.45) is -0.434. The van der Waals surface area contributed by atoms with Gasteiger partial charge in [0.1, 0.15) is 13.4 Å². The van der Waals surface area contributed by atoms with E-state index in [1.807, 2.05) is 0 Å². The molecule has 0 fully saturated rings. The molecular weight excluding hydrogens is 154 g/mol. The molecule has 1 aromatic carbocycles. The zero-order chi connectivity index (χ0) is 9.84. The first kappa shape index (κ1) is 7.31. The Morgan fingerprint density at radius 2 is 2.17 bits per heavy atom. The molecule has 64 valence electrons. The van der Waals surface area contributed by atoms with E-state index in [9.17, 15) is 4.79 Å². The van der Waals surface area contributed by atoms with Gasteiger partial charge in [0.15, 0.2) is 0 Å². The molecule has 0 aliphatic rings. The van der Waals surface area contributed by atoms with Crippen molar-refractivity contribution in [1.29, 1.82) is 0 Å².